The lowest BCUT2D eigenvalue weighted by Crippen LogP contribution is -2.29. The highest BCUT2D eigenvalue weighted by molar-refractivity contribution is 7.89. The van der Waals surface area contributed by atoms with E-state index in [1.54, 1.807) is 10.9 Å². The fourth-order valence-corrected chi connectivity index (χ4v) is 2.24. The van der Waals surface area contributed by atoms with Crippen LogP contribution in [-0.4, -0.2) is 30.4 Å². The number of amides is 1. The molecule has 1 heterocycles. The van der Waals surface area contributed by atoms with Gasteiger partial charge in [0, 0.05) is 12.6 Å². The van der Waals surface area contributed by atoms with Gasteiger partial charge < -0.3 is 0 Å². The summed E-state index contributed by atoms with van der Waals surface area (Å²) < 4.78 is 25.4. The van der Waals surface area contributed by atoms with Gasteiger partial charge in [0.2, 0.25) is 15.9 Å². The number of hydrogen-bond donors (Lipinski definition) is 1. The molecule has 1 aromatic carbocycles. The van der Waals surface area contributed by atoms with Crippen LogP contribution < -0.4 is 4.72 Å². The van der Waals surface area contributed by atoms with Gasteiger partial charge in [-0.3, -0.25) is 9.52 Å². The van der Waals surface area contributed by atoms with Crippen molar-refractivity contribution in [2.45, 2.75) is 12.8 Å². The summed E-state index contributed by atoms with van der Waals surface area (Å²) in [7, 11) is -3.49. The highest BCUT2D eigenvalue weighted by Gasteiger charge is 2.09. The number of nitrogens with zero attached hydrogens (tertiary/aromatic N) is 2. The molecule has 0 radical (unpaired) electrons. The Labute approximate surface area is 117 Å². The minimum Gasteiger partial charge on any atom is -0.274 e. The van der Waals surface area contributed by atoms with Gasteiger partial charge in [0.15, 0.2) is 0 Å². The molecule has 106 valence electrons. The van der Waals surface area contributed by atoms with E-state index in [0.29, 0.717) is 6.42 Å². The molecule has 2 rings (SSSR count). The Bertz CT molecular complexity index is 693. The van der Waals surface area contributed by atoms with Crippen LogP contribution in [0.15, 0.2) is 42.7 Å². The van der Waals surface area contributed by atoms with E-state index in [0.717, 1.165) is 17.5 Å². The molecule has 0 unspecified atom stereocenters. The van der Waals surface area contributed by atoms with Gasteiger partial charge in [-0.15, -0.1) is 0 Å². The lowest BCUT2D eigenvalue weighted by Gasteiger charge is -2.01. The number of aryl methyl sites for hydroxylation is 1. The van der Waals surface area contributed by atoms with Gasteiger partial charge in [0.1, 0.15) is 0 Å². The third kappa shape index (κ3) is 4.20. The van der Waals surface area contributed by atoms with E-state index in [4.69, 9.17) is 0 Å². The van der Waals surface area contributed by atoms with Crippen LogP contribution in [0.4, 0.5) is 0 Å². The van der Waals surface area contributed by atoms with Crippen molar-refractivity contribution >= 4 is 15.9 Å². The number of carbonyl (C=O) groups excluding carboxylic acids is 1. The smallest absolute Gasteiger partial charge is 0.233 e. The Morgan fingerprint density at radius 3 is 2.65 bits per heavy atom. The van der Waals surface area contributed by atoms with Crippen molar-refractivity contribution in [1.82, 2.24) is 14.5 Å². The van der Waals surface area contributed by atoms with Crippen molar-refractivity contribution in [1.29, 1.82) is 0 Å². The van der Waals surface area contributed by atoms with Crippen molar-refractivity contribution in [3.63, 3.8) is 0 Å². The normalized spacial score (nSPS) is 11.2. The average molecular weight is 293 g/mol. The number of rotatable bonds is 5. The van der Waals surface area contributed by atoms with Crippen molar-refractivity contribution in [2.24, 2.45) is 0 Å². The molecule has 0 fully saturated rings. The van der Waals surface area contributed by atoms with Crippen LogP contribution in [-0.2, 0) is 21.2 Å². The van der Waals surface area contributed by atoms with E-state index in [1.165, 1.54) is 0 Å². The predicted molar refractivity (Wildman–Crippen MR) is 74.9 cm³/mol. The predicted octanol–water partition coefficient (Wildman–Crippen LogP) is 0.881. The summed E-state index contributed by atoms with van der Waals surface area (Å²) in [6.07, 6.45) is 4.99. The van der Waals surface area contributed by atoms with Crippen LogP contribution in [0, 0.1) is 0 Å². The average Bonchev–Trinajstić information content (AvgIpc) is 2.84. The summed E-state index contributed by atoms with van der Waals surface area (Å²) in [6.45, 7) is 0. The second-order valence-corrected chi connectivity index (χ2v) is 6.17. The quantitative estimate of drug-likeness (QED) is 0.887. The second-order valence-electron chi connectivity index (χ2n) is 4.43. The van der Waals surface area contributed by atoms with E-state index >= 15 is 0 Å². The number of aromatic nitrogens is 2. The Morgan fingerprint density at radius 2 is 2.00 bits per heavy atom. The molecule has 0 spiro atoms. The zero-order chi connectivity index (χ0) is 14.6. The fraction of sp³-hybridized carbons (Fsp3) is 0.231. The minimum absolute atomic E-state index is 0.105. The molecule has 0 aliphatic rings. The Morgan fingerprint density at radius 1 is 1.30 bits per heavy atom. The standard InChI is InChI=1S/C13H15N3O3S/c1-20(18,19)15-13(17)8-7-11-9-14-16(10-11)12-5-3-2-4-6-12/h2-6,9-10H,7-8H2,1H3,(H,15,17). The van der Waals surface area contributed by atoms with E-state index in [9.17, 15) is 13.2 Å². The SMILES string of the molecule is CS(=O)(=O)NC(=O)CCc1cnn(-c2ccccc2)c1. The molecule has 0 saturated heterocycles. The molecule has 0 bridgehead atoms. The van der Waals surface area contributed by atoms with Crippen molar-refractivity contribution in [3.8, 4) is 5.69 Å². The second kappa shape index (κ2) is 5.87. The summed E-state index contributed by atoms with van der Waals surface area (Å²) in [5.41, 5.74) is 1.80. The van der Waals surface area contributed by atoms with Crippen molar-refractivity contribution in [2.75, 3.05) is 6.26 Å². The van der Waals surface area contributed by atoms with E-state index in [-0.39, 0.29) is 6.42 Å². The summed E-state index contributed by atoms with van der Waals surface area (Å²) in [6, 6.07) is 9.59. The Balaban J connectivity index is 1.96. The number of carbonyl (C=O) groups is 1. The van der Waals surface area contributed by atoms with Crippen LogP contribution in [0.1, 0.15) is 12.0 Å². The summed E-state index contributed by atoms with van der Waals surface area (Å²) in [5, 5.41) is 4.21. The molecule has 20 heavy (non-hydrogen) atoms. The highest BCUT2D eigenvalue weighted by Crippen LogP contribution is 2.09. The number of hydrogen-bond acceptors (Lipinski definition) is 4. The number of nitrogens with one attached hydrogen (secondary N) is 1. The van der Waals surface area contributed by atoms with E-state index in [1.807, 2.05) is 41.3 Å². The van der Waals surface area contributed by atoms with Gasteiger partial charge >= 0.3 is 0 Å². The van der Waals surface area contributed by atoms with Gasteiger partial charge in [0.05, 0.1) is 18.1 Å². The van der Waals surface area contributed by atoms with Crippen LogP contribution >= 0.6 is 0 Å². The third-order valence-electron chi connectivity index (χ3n) is 2.60. The van der Waals surface area contributed by atoms with Gasteiger partial charge in [-0.05, 0) is 24.1 Å². The molecule has 1 aromatic heterocycles. The largest absolute Gasteiger partial charge is 0.274 e. The molecule has 0 atom stereocenters. The molecule has 2 aromatic rings. The van der Waals surface area contributed by atoms with Crippen LogP contribution in [0.3, 0.4) is 0 Å². The van der Waals surface area contributed by atoms with Crippen molar-refractivity contribution in [3.05, 3.63) is 48.3 Å². The van der Waals surface area contributed by atoms with Crippen molar-refractivity contribution < 1.29 is 13.2 Å². The molecule has 0 aliphatic heterocycles. The number of benzene rings is 1. The topological polar surface area (TPSA) is 81.1 Å². The van der Waals surface area contributed by atoms with Gasteiger partial charge in [-0.25, -0.2) is 13.1 Å². The fourth-order valence-electron chi connectivity index (χ4n) is 1.73. The number of para-hydroxylation sites is 1. The van der Waals surface area contributed by atoms with Gasteiger partial charge in [0.25, 0.3) is 0 Å². The monoisotopic (exact) mass is 293 g/mol. The molecular formula is C13H15N3O3S. The molecule has 0 aliphatic carbocycles. The van der Waals surface area contributed by atoms with Crippen LogP contribution in [0.25, 0.3) is 5.69 Å². The molecule has 1 amide bonds. The lowest BCUT2D eigenvalue weighted by molar-refractivity contribution is -0.119. The first-order valence-electron chi connectivity index (χ1n) is 6.03. The van der Waals surface area contributed by atoms with Gasteiger partial charge in [-0.2, -0.15) is 5.10 Å². The summed E-state index contributed by atoms with van der Waals surface area (Å²) in [4.78, 5) is 11.4. The molecule has 6 nitrogen and oxygen atoms in total. The molecular weight excluding hydrogens is 278 g/mol. The summed E-state index contributed by atoms with van der Waals surface area (Å²) in [5.74, 6) is -0.514. The maximum Gasteiger partial charge on any atom is 0.233 e. The first-order chi connectivity index (χ1) is 9.44. The van der Waals surface area contributed by atoms with Crippen LogP contribution in [0.2, 0.25) is 0 Å². The van der Waals surface area contributed by atoms with Crippen LogP contribution in [0.5, 0.6) is 0 Å². The minimum atomic E-state index is -3.49. The first kappa shape index (κ1) is 14.3. The maximum absolute atomic E-state index is 11.4. The molecule has 0 saturated carbocycles. The first-order valence-corrected chi connectivity index (χ1v) is 7.93. The Hall–Kier alpha value is -2.15. The Kier molecular flexibility index (Phi) is 4.19. The number of sulfonamides is 1. The molecule has 7 heteroatoms. The van der Waals surface area contributed by atoms with E-state index in [2.05, 4.69) is 5.10 Å². The highest BCUT2D eigenvalue weighted by atomic mass is 32.2. The third-order valence-corrected chi connectivity index (χ3v) is 3.20. The van der Waals surface area contributed by atoms with Gasteiger partial charge in [-0.1, -0.05) is 18.2 Å². The zero-order valence-corrected chi connectivity index (χ0v) is 11.8. The zero-order valence-electron chi connectivity index (χ0n) is 11.0. The summed E-state index contributed by atoms with van der Waals surface area (Å²) >= 11 is 0. The maximum atomic E-state index is 11.4. The lowest BCUT2D eigenvalue weighted by atomic mass is 10.2. The van der Waals surface area contributed by atoms with E-state index < -0.39 is 15.9 Å². The molecule has 1 N–H and O–H groups in total.